The quantitative estimate of drug-likeness (QED) is 0.492. The first-order valence-corrected chi connectivity index (χ1v) is 10.6. The van der Waals surface area contributed by atoms with Gasteiger partial charge in [-0.2, -0.15) is 0 Å². The Morgan fingerprint density at radius 2 is 1.71 bits per heavy atom. The van der Waals surface area contributed by atoms with E-state index in [1.165, 1.54) is 0 Å². The van der Waals surface area contributed by atoms with Crippen molar-refractivity contribution in [2.45, 2.75) is 18.7 Å². The summed E-state index contributed by atoms with van der Waals surface area (Å²) in [4.78, 5) is 24.1. The minimum atomic E-state index is -3.95. The summed E-state index contributed by atoms with van der Waals surface area (Å²) in [7, 11) is -3.95. The van der Waals surface area contributed by atoms with Crippen LogP contribution < -0.4 is 4.72 Å². The molecule has 0 amide bonds. The fourth-order valence-corrected chi connectivity index (χ4v) is 4.22. The van der Waals surface area contributed by atoms with Crippen molar-refractivity contribution in [2.75, 3.05) is 13.2 Å². The number of ether oxygens (including phenoxy) is 1. The summed E-state index contributed by atoms with van der Waals surface area (Å²) in [5.74, 6) is -1.24. The van der Waals surface area contributed by atoms with Crippen LogP contribution in [0.3, 0.4) is 0 Å². The summed E-state index contributed by atoms with van der Waals surface area (Å²) in [5, 5.41) is -0.205. The van der Waals surface area contributed by atoms with Crippen molar-refractivity contribution >= 4 is 45.0 Å². The molecule has 28 heavy (non-hydrogen) atoms. The van der Waals surface area contributed by atoms with Crippen LogP contribution in [0, 0.1) is 5.92 Å². The third-order valence-corrected chi connectivity index (χ3v) is 5.84. The molecular weight excluding hydrogens is 425 g/mol. The molecule has 0 bridgehead atoms. The molecule has 0 atom stereocenters. The largest absolute Gasteiger partial charge is 0.454 e. The second-order valence-electron chi connectivity index (χ2n) is 6.37. The Morgan fingerprint density at radius 1 is 1.07 bits per heavy atom. The van der Waals surface area contributed by atoms with Gasteiger partial charge < -0.3 is 4.74 Å². The molecule has 150 valence electrons. The highest BCUT2D eigenvalue weighted by Crippen LogP contribution is 2.29. The zero-order valence-electron chi connectivity index (χ0n) is 15.2. The maximum Gasteiger partial charge on any atom is 0.340 e. The van der Waals surface area contributed by atoms with E-state index in [1.807, 2.05) is 13.8 Å². The minimum Gasteiger partial charge on any atom is -0.454 e. The Kier molecular flexibility index (Phi) is 7.60. The van der Waals surface area contributed by atoms with E-state index in [-0.39, 0.29) is 33.0 Å². The maximum absolute atomic E-state index is 12.4. The van der Waals surface area contributed by atoms with Crippen LogP contribution in [0.25, 0.3) is 0 Å². The van der Waals surface area contributed by atoms with E-state index in [0.717, 1.165) is 12.1 Å². The van der Waals surface area contributed by atoms with Crippen LogP contribution in [0.5, 0.6) is 0 Å². The van der Waals surface area contributed by atoms with Crippen molar-refractivity contribution in [3.05, 3.63) is 63.6 Å². The standard InChI is InChI=1S/C19H19Cl2NO5S/c1-12(2)10-22-28(25,26)18-8-14(15(20)9-16(18)21)19(24)27-11-17(23)13-6-4-3-5-7-13/h3-9,12,22H,10-11H2,1-2H3. The number of carbonyl (C=O) groups is 2. The Labute approximate surface area is 173 Å². The first-order chi connectivity index (χ1) is 13.1. The number of esters is 1. The number of benzene rings is 2. The van der Waals surface area contributed by atoms with Crippen LogP contribution in [-0.2, 0) is 14.8 Å². The number of hydrogen-bond donors (Lipinski definition) is 1. The van der Waals surface area contributed by atoms with Gasteiger partial charge in [0.05, 0.1) is 15.6 Å². The number of Topliss-reactive ketones (excluding diaryl/α,β-unsaturated/α-hetero) is 1. The van der Waals surface area contributed by atoms with Gasteiger partial charge in [0.1, 0.15) is 4.90 Å². The summed E-state index contributed by atoms with van der Waals surface area (Å²) >= 11 is 12.0. The van der Waals surface area contributed by atoms with Crippen molar-refractivity contribution in [1.82, 2.24) is 4.72 Å². The van der Waals surface area contributed by atoms with Gasteiger partial charge in [-0.15, -0.1) is 0 Å². The predicted molar refractivity (Wildman–Crippen MR) is 108 cm³/mol. The highest BCUT2D eigenvalue weighted by molar-refractivity contribution is 7.89. The number of hydrogen-bond acceptors (Lipinski definition) is 5. The van der Waals surface area contributed by atoms with Crippen LogP contribution in [0.2, 0.25) is 10.0 Å². The Bertz CT molecular complexity index is 975. The molecule has 2 rings (SSSR count). The average Bonchev–Trinajstić information content (AvgIpc) is 2.64. The fourth-order valence-electron chi connectivity index (χ4n) is 2.16. The van der Waals surface area contributed by atoms with Crippen molar-refractivity contribution < 1.29 is 22.7 Å². The van der Waals surface area contributed by atoms with E-state index >= 15 is 0 Å². The lowest BCUT2D eigenvalue weighted by Crippen LogP contribution is -2.28. The molecule has 2 aromatic rings. The number of carbonyl (C=O) groups excluding carboxylic acids is 2. The number of sulfonamides is 1. The van der Waals surface area contributed by atoms with Gasteiger partial charge in [0, 0.05) is 12.1 Å². The lowest BCUT2D eigenvalue weighted by Gasteiger charge is -2.12. The third-order valence-electron chi connectivity index (χ3n) is 3.64. The first-order valence-electron chi connectivity index (χ1n) is 8.36. The Balaban J connectivity index is 2.21. The molecule has 0 aliphatic heterocycles. The number of nitrogens with one attached hydrogen (secondary N) is 1. The summed E-state index contributed by atoms with van der Waals surface area (Å²) in [6, 6.07) is 10.5. The molecule has 2 aromatic carbocycles. The van der Waals surface area contributed by atoms with E-state index in [4.69, 9.17) is 27.9 Å². The predicted octanol–water partition coefficient (Wildman–Crippen LogP) is 3.97. The van der Waals surface area contributed by atoms with E-state index in [1.54, 1.807) is 30.3 Å². The van der Waals surface area contributed by atoms with Gasteiger partial charge in [0.2, 0.25) is 10.0 Å². The third kappa shape index (κ3) is 5.78. The summed E-state index contributed by atoms with van der Waals surface area (Å²) < 4.78 is 32.3. The zero-order valence-corrected chi connectivity index (χ0v) is 17.6. The molecule has 0 radical (unpaired) electrons. The second kappa shape index (κ2) is 9.52. The summed E-state index contributed by atoms with van der Waals surface area (Å²) in [5.41, 5.74) is 0.190. The van der Waals surface area contributed by atoms with E-state index in [9.17, 15) is 18.0 Å². The lowest BCUT2D eigenvalue weighted by molar-refractivity contribution is 0.0474. The second-order valence-corrected chi connectivity index (χ2v) is 8.92. The molecule has 9 heteroatoms. The highest BCUT2D eigenvalue weighted by atomic mass is 35.5. The van der Waals surface area contributed by atoms with Gasteiger partial charge in [0.25, 0.3) is 0 Å². The van der Waals surface area contributed by atoms with Crippen molar-refractivity contribution in [3.8, 4) is 0 Å². The highest BCUT2D eigenvalue weighted by Gasteiger charge is 2.24. The van der Waals surface area contributed by atoms with Crippen LogP contribution in [-0.4, -0.2) is 33.3 Å². The SMILES string of the molecule is CC(C)CNS(=O)(=O)c1cc(C(=O)OCC(=O)c2ccccc2)c(Cl)cc1Cl. The summed E-state index contributed by atoms with van der Waals surface area (Å²) in [6.07, 6.45) is 0. The van der Waals surface area contributed by atoms with Crippen LogP contribution in [0.4, 0.5) is 0 Å². The number of halogens is 2. The molecule has 0 aliphatic rings. The smallest absolute Gasteiger partial charge is 0.340 e. The molecule has 0 heterocycles. The molecule has 0 aliphatic carbocycles. The van der Waals surface area contributed by atoms with E-state index in [0.29, 0.717) is 5.56 Å². The zero-order chi connectivity index (χ0) is 20.9. The van der Waals surface area contributed by atoms with Crippen molar-refractivity contribution in [1.29, 1.82) is 0 Å². The van der Waals surface area contributed by atoms with Gasteiger partial charge in [-0.1, -0.05) is 67.4 Å². The molecule has 1 N–H and O–H groups in total. The number of ketones is 1. The molecule has 0 saturated heterocycles. The van der Waals surface area contributed by atoms with Crippen molar-refractivity contribution in [3.63, 3.8) is 0 Å². The van der Waals surface area contributed by atoms with Gasteiger partial charge in [-0.25, -0.2) is 17.9 Å². The molecule has 0 spiro atoms. The van der Waals surface area contributed by atoms with Crippen LogP contribution in [0.15, 0.2) is 47.4 Å². The molecule has 6 nitrogen and oxygen atoms in total. The molecule has 0 saturated carbocycles. The molecule has 0 unspecified atom stereocenters. The van der Waals surface area contributed by atoms with Crippen molar-refractivity contribution in [2.24, 2.45) is 5.92 Å². The monoisotopic (exact) mass is 443 g/mol. The van der Waals surface area contributed by atoms with Gasteiger partial charge in [0.15, 0.2) is 12.4 Å². The molecular formula is C19H19Cl2NO5S. The normalized spacial score (nSPS) is 11.5. The van der Waals surface area contributed by atoms with E-state index in [2.05, 4.69) is 4.72 Å². The van der Waals surface area contributed by atoms with Gasteiger partial charge in [-0.3, -0.25) is 4.79 Å². The molecule has 0 fully saturated rings. The summed E-state index contributed by atoms with van der Waals surface area (Å²) in [6.45, 7) is 3.39. The van der Waals surface area contributed by atoms with Gasteiger partial charge >= 0.3 is 5.97 Å². The fraction of sp³-hybridized carbons (Fsp3) is 0.263. The van der Waals surface area contributed by atoms with Gasteiger partial charge in [-0.05, 0) is 18.1 Å². The Hall–Kier alpha value is -1.93. The molecule has 0 aromatic heterocycles. The van der Waals surface area contributed by atoms with E-state index < -0.39 is 28.4 Å². The minimum absolute atomic E-state index is 0.0780. The topological polar surface area (TPSA) is 89.5 Å². The number of rotatable bonds is 8. The van der Waals surface area contributed by atoms with Crippen LogP contribution >= 0.6 is 23.2 Å². The maximum atomic E-state index is 12.4. The lowest BCUT2D eigenvalue weighted by atomic mass is 10.1. The first kappa shape index (κ1) is 22.4. The Morgan fingerprint density at radius 3 is 2.32 bits per heavy atom. The van der Waals surface area contributed by atoms with Crippen LogP contribution in [0.1, 0.15) is 34.6 Å². The average molecular weight is 444 g/mol.